The van der Waals surface area contributed by atoms with E-state index in [1.807, 2.05) is 36.4 Å². The Balaban J connectivity index is 1.19. The first kappa shape index (κ1) is 20.9. The van der Waals surface area contributed by atoms with Gasteiger partial charge in [0.1, 0.15) is 6.61 Å². The highest BCUT2D eigenvalue weighted by molar-refractivity contribution is 5.79. The molecule has 2 N–H and O–H groups in total. The van der Waals surface area contributed by atoms with E-state index in [2.05, 4.69) is 17.4 Å². The largest absolute Gasteiger partial charge is 0.481 e. The van der Waals surface area contributed by atoms with E-state index in [1.165, 1.54) is 0 Å². The quantitative estimate of drug-likeness (QED) is 0.566. The maximum absolute atomic E-state index is 12.4. The van der Waals surface area contributed by atoms with Crippen LogP contribution in [-0.4, -0.2) is 37.1 Å². The number of ether oxygens (including phenoxy) is 3. The summed E-state index contributed by atoms with van der Waals surface area (Å²) in [4.78, 5) is 24.1. The van der Waals surface area contributed by atoms with Crippen LogP contribution in [0.5, 0.6) is 11.5 Å². The lowest BCUT2D eigenvalue weighted by atomic mass is 9.98. The Bertz CT molecular complexity index is 1160. The van der Waals surface area contributed by atoms with Crippen molar-refractivity contribution in [3.8, 4) is 22.6 Å². The average Bonchev–Trinajstić information content (AvgIpc) is 3.42. The van der Waals surface area contributed by atoms with Gasteiger partial charge >= 0.3 is 12.1 Å². The minimum Gasteiger partial charge on any atom is -0.481 e. The van der Waals surface area contributed by atoms with Crippen molar-refractivity contribution < 1.29 is 28.9 Å². The third-order valence-corrected chi connectivity index (χ3v) is 6.10. The number of benzene rings is 3. The predicted molar refractivity (Wildman–Crippen MR) is 120 cm³/mol. The Morgan fingerprint density at radius 3 is 2.33 bits per heavy atom. The van der Waals surface area contributed by atoms with E-state index in [-0.39, 0.29) is 32.3 Å². The number of amides is 1. The normalized spacial score (nSPS) is 14.3. The molecule has 7 heteroatoms. The van der Waals surface area contributed by atoms with Crippen LogP contribution in [-0.2, 0) is 16.0 Å². The highest BCUT2D eigenvalue weighted by Gasteiger charge is 2.29. The summed E-state index contributed by atoms with van der Waals surface area (Å²) >= 11 is 0. The fourth-order valence-electron chi connectivity index (χ4n) is 4.46. The Hall–Kier alpha value is -4.00. The molecule has 3 aromatic rings. The first-order valence-electron chi connectivity index (χ1n) is 10.8. The number of hydrogen-bond acceptors (Lipinski definition) is 5. The molecular formula is C26H23NO6. The number of carbonyl (C=O) groups excluding carboxylic acids is 1. The fraction of sp³-hybridized carbons (Fsp3) is 0.231. The molecular weight excluding hydrogens is 422 g/mol. The Labute approximate surface area is 190 Å². The molecule has 33 heavy (non-hydrogen) atoms. The monoisotopic (exact) mass is 445 g/mol. The van der Waals surface area contributed by atoms with Crippen LogP contribution in [0.2, 0.25) is 0 Å². The summed E-state index contributed by atoms with van der Waals surface area (Å²) < 4.78 is 16.1. The number of aliphatic carboxylic acids is 1. The molecule has 2 aliphatic rings. The third-order valence-electron chi connectivity index (χ3n) is 6.10. The van der Waals surface area contributed by atoms with Gasteiger partial charge in [-0.2, -0.15) is 0 Å². The van der Waals surface area contributed by atoms with Gasteiger partial charge in [-0.3, -0.25) is 4.79 Å². The molecule has 5 rings (SSSR count). The zero-order valence-corrected chi connectivity index (χ0v) is 17.8. The standard InChI is InChI=1S/C26H23NO6/c28-25(29)17(11-16-9-10-23-24(12-16)33-15-32-23)13-27-26(30)31-14-22-20-7-3-1-5-18(20)19-6-2-4-8-21(19)22/h1-10,12,17,22H,11,13-15H2,(H,27,30)(H,28,29)/t17-/m1/s1. The second-order valence-corrected chi connectivity index (χ2v) is 8.13. The minimum atomic E-state index is -0.994. The van der Waals surface area contributed by atoms with Crippen molar-refractivity contribution in [3.05, 3.63) is 83.4 Å². The van der Waals surface area contributed by atoms with Crippen LogP contribution in [0.25, 0.3) is 11.1 Å². The molecule has 1 amide bonds. The highest BCUT2D eigenvalue weighted by Crippen LogP contribution is 2.44. The van der Waals surface area contributed by atoms with E-state index in [4.69, 9.17) is 14.2 Å². The lowest BCUT2D eigenvalue weighted by Gasteiger charge is -2.16. The lowest BCUT2D eigenvalue weighted by Crippen LogP contribution is -2.35. The molecule has 0 fully saturated rings. The molecule has 0 radical (unpaired) electrons. The number of rotatable bonds is 7. The molecule has 3 aromatic carbocycles. The molecule has 1 aliphatic heterocycles. The van der Waals surface area contributed by atoms with Crippen molar-refractivity contribution in [2.24, 2.45) is 5.92 Å². The van der Waals surface area contributed by atoms with Gasteiger partial charge in [0.25, 0.3) is 0 Å². The zero-order valence-electron chi connectivity index (χ0n) is 17.8. The van der Waals surface area contributed by atoms with Crippen LogP contribution in [0.4, 0.5) is 4.79 Å². The Morgan fingerprint density at radius 1 is 0.970 bits per heavy atom. The summed E-state index contributed by atoms with van der Waals surface area (Å²) in [6, 6.07) is 21.5. The van der Waals surface area contributed by atoms with Gasteiger partial charge < -0.3 is 24.6 Å². The SMILES string of the molecule is O=C(NC[C@@H](Cc1ccc2c(c1)OCO2)C(=O)O)OCC1c2ccccc2-c2ccccc21. The molecule has 1 atom stereocenters. The lowest BCUT2D eigenvalue weighted by molar-refractivity contribution is -0.141. The average molecular weight is 445 g/mol. The van der Waals surface area contributed by atoms with Crippen molar-refractivity contribution in [3.63, 3.8) is 0 Å². The second-order valence-electron chi connectivity index (χ2n) is 8.13. The summed E-state index contributed by atoms with van der Waals surface area (Å²) in [5, 5.41) is 12.2. The van der Waals surface area contributed by atoms with Gasteiger partial charge in [0.15, 0.2) is 11.5 Å². The fourth-order valence-corrected chi connectivity index (χ4v) is 4.46. The number of fused-ring (bicyclic) bond motifs is 4. The van der Waals surface area contributed by atoms with Crippen LogP contribution >= 0.6 is 0 Å². The molecule has 0 spiro atoms. The maximum atomic E-state index is 12.4. The van der Waals surface area contributed by atoms with E-state index in [1.54, 1.807) is 18.2 Å². The number of carbonyl (C=O) groups is 2. The first-order valence-corrected chi connectivity index (χ1v) is 10.8. The van der Waals surface area contributed by atoms with Crippen LogP contribution in [0.3, 0.4) is 0 Å². The number of nitrogens with one attached hydrogen (secondary N) is 1. The maximum Gasteiger partial charge on any atom is 0.407 e. The van der Waals surface area contributed by atoms with E-state index >= 15 is 0 Å². The number of carboxylic acids is 1. The van der Waals surface area contributed by atoms with E-state index in [0.29, 0.717) is 11.5 Å². The molecule has 0 unspecified atom stereocenters. The highest BCUT2D eigenvalue weighted by atomic mass is 16.7. The molecule has 168 valence electrons. The third kappa shape index (κ3) is 4.22. The molecule has 0 saturated carbocycles. The van der Waals surface area contributed by atoms with Gasteiger partial charge in [-0.05, 0) is 46.4 Å². The van der Waals surface area contributed by atoms with Crippen LogP contribution < -0.4 is 14.8 Å². The first-order chi connectivity index (χ1) is 16.1. The number of hydrogen-bond donors (Lipinski definition) is 2. The van der Waals surface area contributed by atoms with Gasteiger partial charge in [0, 0.05) is 12.5 Å². The Kier molecular flexibility index (Phi) is 5.60. The van der Waals surface area contributed by atoms with Crippen molar-refractivity contribution in [2.75, 3.05) is 19.9 Å². The summed E-state index contributed by atoms with van der Waals surface area (Å²) in [7, 11) is 0. The van der Waals surface area contributed by atoms with Crippen molar-refractivity contribution in [1.82, 2.24) is 5.32 Å². The number of carboxylic acid groups (broad SMARTS) is 1. The minimum absolute atomic E-state index is 0.0412. The molecule has 7 nitrogen and oxygen atoms in total. The van der Waals surface area contributed by atoms with Gasteiger partial charge in [0.2, 0.25) is 6.79 Å². The van der Waals surface area contributed by atoms with Gasteiger partial charge in [0.05, 0.1) is 5.92 Å². The summed E-state index contributed by atoms with van der Waals surface area (Å²) in [5.74, 6) is -0.604. The second kappa shape index (κ2) is 8.86. The molecule has 0 aromatic heterocycles. The van der Waals surface area contributed by atoms with Crippen molar-refractivity contribution in [1.29, 1.82) is 0 Å². The van der Waals surface area contributed by atoms with E-state index in [0.717, 1.165) is 27.8 Å². The van der Waals surface area contributed by atoms with Crippen molar-refractivity contribution >= 4 is 12.1 Å². The van der Waals surface area contributed by atoms with Gasteiger partial charge in [-0.1, -0.05) is 54.6 Å². The zero-order chi connectivity index (χ0) is 22.8. The van der Waals surface area contributed by atoms with Crippen LogP contribution in [0.1, 0.15) is 22.6 Å². The van der Waals surface area contributed by atoms with Crippen LogP contribution in [0.15, 0.2) is 66.7 Å². The van der Waals surface area contributed by atoms with Crippen LogP contribution in [0, 0.1) is 5.92 Å². The Morgan fingerprint density at radius 2 is 1.64 bits per heavy atom. The molecule has 0 bridgehead atoms. The van der Waals surface area contributed by atoms with E-state index in [9.17, 15) is 14.7 Å². The topological polar surface area (TPSA) is 94.1 Å². The van der Waals surface area contributed by atoms with E-state index < -0.39 is 18.0 Å². The van der Waals surface area contributed by atoms with Gasteiger partial charge in [-0.25, -0.2) is 4.79 Å². The summed E-state index contributed by atoms with van der Waals surface area (Å²) in [5.41, 5.74) is 5.34. The predicted octanol–water partition coefficient (Wildman–Crippen LogP) is 4.20. The summed E-state index contributed by atoms with van der Waals surface area (Å²) in [6.07, 6.45) is -0.385. The molecule has 0 saturated heterocycles. The smallest absolute Gasteiger partial charge is 0.407 e. The summed E-state index contributed by atoms with van der Waals surface area (Å²) in [6.45, 7) is 0.296. The van der Waals surface area contributed by atoms with Crippen molar-refractivity contribution in [2.45, 2.75) is 12.3 Å². The number of alkyl carbamates (subject to hydrolysis) is 1. The molecule has 1 aliphatic carbocycles. The molecule has 1 heterocycles. The van der Waals surface area contributed by atoms with Gasteiger partial charge in [-0.15, -0.1) is 0 Å².